The summed E-state index contributed by atoms with van der Waals surface area (Å²) in [7, 11) is -1.53. The first-order valence-electron chi connectivity index (χ1n) is 7.00. The van der Waals surface area contributed by atoms with Gasteiger partial charge in [0.1, 0.15) is 0 Å². The molecule has 0 aliphatic rings. The van der Waals surface area contributed by atoms with Crippen LogP contribution in [0.2, 0.25) is 5.86 Å². The Kier molecular flexibility index (Phi) is 5.47. The fourth-order valence-electron chi connectivity index (χ4n) is 4.50. The van der Waals surface area contributed by atoms with Crippen LogP contribution in [0, 0.1) is 0 Å². The molecule has 0 radical (unpaired) electrons. The average molecular weight is 382 g/mol. The Hall–Kier alpha value is 2.23. The van der Waals surface area contributed by atoms with Crippen molar-refractivity contribution >= 4 is 24.0 Å². The van der Waals surface area contributed by atoms with Gasteiger partial charge in [0, 0.05) is 0 Å². The molecule has 0 fully saturated rings. The monoisotopic (exact) mass is 382 g/mol. The molecule has 124 valence electrons. The van der Waals surface area contributed by atoms with E-state index in [-0.39, 0.29) is 0 Å². The molecule has 0 spiro atoms. The van der Waals surface area contributed by atoms with Gasteiger partial charge >= 0.3 is 120 Å². The van der Waals surface area contributed by atoms with Gasteiger partial charge in [0.05, 0.1) is 0 Å². The summed E-state index contributed by atoms with van der Waals surface area (Å²) in [5.41, 5.74) is 0. The van der Waals surface area contributed by atoms with Gasteiger partial charge in [-0.2, -0.15) is 0 Å². The first-order chi connectivity index (χ1) is 7.34. The van der Waals surface area contributed by atoms with Crippen molar-refractivity contribution in [2.24, 2.45) is 0 Å². The minimum atomic E-state index is -1.53. The summed E-state index contributed by atoms with van der Waals surface area (Å²) in [5.74, 6) is -1.69. The van der Waals surface area contributed by atoms with Gasteiger partial charge in [-0.15, -0.1) is 0 Å². The Morgan fingerprint density at radius 3 is 0.500 bits per heavy atom. The molecule has 0 saturated heterocycles. The summed E-state index contributed by atoms with van der Waals surface area (Å²) in [6, 6.07) is 0. The van der Waals surface area contributed by atoms with E-state index in [1.807, 2.05) is 0 Å². The van der Waals surface area contributed by atoms with Gasteiger partial charge in [-0.1, -0.05) is 0 Å². The van der Waals surface area contributed by atoms with Crippen LogP contribution in [0.5, 0.6) is 0 Å². The SMILES string of the molecule is C[PH](C)(C)[Co]([CH3])([PH](C)(C)C)([PH](C)(C)C)[PH](C)(C)C. The molecule has 0 aliphatic heterocycles. The van der Waals surface area contributed by atoms with Crippen LogP contribution >= 0.6 is 24.0 Å². The van der Waals surface area contributed by atoms with Crippen LogP contribution in [0.4, 0.5) is 0 Å². The molecule has 0 unspecified atom stereocenters. The summed E-state index contributed by atoms with van der Waals surface area (Å²) in [5, 5.41) is 0. The van der Waals surface area contributed by atoms with E-state index in [2.05, 4.69) is 85.8 Å². The molecule has 0 bridgehead atoms. The van der Waals surface area contributed by atoms with Gasteiger partial charge in [-0.05, 0) is 0 Å². The first kappa shape index (κ1) is 20.2. The molecular weight excluding hydrogens is 339 g/mol. The molecule has 5 heteroatoms. The molecule has 0 amide bonds. The molecule has 0 heterocycles. The second-order valence-electron chi connectivity index (χ2n) is 9.17. The third-order valence-corrected chi connectivity index (χ3v) is 136. The third kappa shape index (κ3) is 2.14. The zero-order chi connectivity index (χ0) is 15.4. The van der Waals surface area contributed by atoms with Crippen LogP contribution in [0.25, 0.3) is 0 Å². The summed E-state index contributed by atoms with van der Waals surface area (Å²) < 4.78 is 0. The Labute approximate surface area is 119 Å². The van der Waals surface area contributed by atoms with Crippen LogP contribution in [-0.2, 0) is 9.82 Å². The number of hydrogen-bond acceptors (Lipinski definition) is 0. The van der Waals surface area contributed by atoms with Crippen molar-refractivity contribution in [3.8, 4) is 0 Å². The molecule has 0 N–H and O–H groups in total. The van der Waals surface area contributed by atoms with Crippen LogP contribution in [0.15, 0.2) is 0 Å². The molecule has 0 aliphatic carbocycles. The summed E-state index contributed by atoms with van der Waals surface area (Å²) in [4.78, 5) is 0. The predicted molar refractivity (Wildman–Crippen MR) is 110 cm³/mol. The average Bonchev–Trinajstić information content (AvgIpc) is 1.92. The molecule has 0 atom stereocenters. The predicted octanol–water partition coefficient (Wildman–Crippen LogP) is 4.94. The van der Waals surface area contributed by atoms with Gasteiger partial charge in [-0.25, -0.2) is 0 Å². The van der Waals surface area contributed by atoms with Crippen LogP contribution < -0.4 is 0 Å². The van der Waals surface area contributed by atoms with Crippen molar-refractivity contribution < 1.29 is 9.82 Å². The van der Waals surface area contributed by atoms with E-state index >= 15 is 0 Å². The van der Waals surface area contributed by atoms with Crippen molar-refractivity contribution in [1.82, 2.24) is 0 Å². The van der Waals surface area contributed by atoms with Crippen LogP contribution in [0.3, 0.4) is 0 Å². The van der Waals surface area contributed by atoms with Gasteiger partial charge < -0.3 is 0 Å². The van der Waals surface area contributed by atoms with E-state index in [1.165, 1.54) is 0 Å². The normalized spacial score (nSPS) is 21.9. The molecule has 0 aromatic heterocycles. The van der Waals surface area contributed by atoms with Crippen molar-refractivity contribution in [2.75, 3.05) is 80.0 Å². The van der Waals surface area contributed by atoms with E-state index in [9.17, 15) is 0 Å². The van der Waals surface area contributed by atoms with E-state index in [1.54, 1.807) is 0 Å². The standard InChI is InChI=1S/4C3H9P.CH3.Co/c4*1-4(2)3;;/h4*1-3H3;1H3;/q;;;;;-4/p+4. The summed E-state index contributed by atoms with van der Waals surface area (Å²) in [6.07, 6.45) is 0. The third-order valence-electron chi connectivity index (χ3n) is 5.00. The Balaban J connectivity index is 6.90. The molecule has 0 nitrogen and oxygen atoms in total. The maximum absolute atomic E-state index is 2.92. The summed E-state index contributed by atoms with van der Waals surface area (Å²) >= 11 is 0. The summed E-state index contributed by atoms with van der Waals surface area (Å²) in [6.45, 7) is 32.7. The minimum absolute atomic E-state index is 1.15. The number of hydrogen-bond donors (Lipinski definition) is 0. The van der Waals surface area contributed by atoms with Crippen molar-refractivity contribution in [3.05, 3.63) is 0 Å². The second kappa shape index (κ2) is 4.87. The molecule has 0 aromatic rings. The van der Waals surface area contributed by atoms with Crippen LogP contribution in [0.1, 0.15) is 0 Å². The molecule has 0 aromatic carbocycles. The maximum atomic E-state index is 2.92. The van der Waals surface area contributed by atoms with Crippen molar-refractivity contribution in [3.63, 3.8) is 0 Å². The second-order valence-corrected chi connectivity index (χ2v) is 69.5. The molecule has 18 heavy (non-hydrogen) atoms. The topological polar surface area (TPSA) is 0 Å². The van der Waals surface area contributed by atoms with E-state index < -0.39 is 33.8 Å². The fraction of sp³-hybridized carbons (Fsp3) is 1.00. The first-order valence-corrected chi connectivity index (χ1v) is 27.6. The van der Waals surface area contributed by atoms with Gasteiger partial charge in [0.2, 0.25) is 0 Å². The zero-order valence-corrected chi connectivity index (χ0v) is 20.4. The molecular formula is C13H43CoP4. The zero-order valence-electron chi connectivity index (χ0n) is 15.3. The van der Waals surface area contributed by atoms with E-state index in [0.717, 1.165) is 0 Å². The quantitative estimate of drug-likeness (QED) is 0.604. The van der Waals surface area contributed by atoms with Gasteiger partial charge in [0.15, 0.2) is 0 Å². The van der Waals surface area contributed by atoms with Crippen molar-refractivity contribution in [2.45, 2.75) is 5.86 Å². The number of rotatable bonds is 4. The fourth-order valence-corrected chi connectivity index (χ4v) is 167. The van der Waals surface area contributed by atoms with Gasteiger partial charge in [-0.3, -0.25) is 0 Å². The molecule has 0 saturated carbocycles. The van der Waals surface area contributed by atoms with E-state index in [4.69, 9.17) is 0 Å². The van der Waals surface area contributed by atoms with Gasteiger partial charge in [0.25, 0.3) is 0 Å². The Morgan fingerprint density at radius 1 is 0.389 bits per heavy atom. The van der Waals surface area contributed by atoms with Crippen molar-refractivity contribution in [1.29, 1.82) is 0 Å². The van der Waals surface area contributed by atoms with E-state index in [0.29, 0.717) is 0 Å². The van der Waals surface area contributed by atoms with Crippen LogP contribution in [-0.4, -0.2) is 80.0 Å². The molecule has 0 rings (SSSR count). The Bertz CT molecular complexity index is 255. The Morgan fingerprint density at radius 2 is 0.500 bits per heavy atom.